The van der Waals surface area contributed by atoms with Gasteiger partial charge in [0, 0.05) is 31.1 Å². The summed E-state index contributed by atoms with van der Waals surface area (Å²) in [5.74, 6) is 0.0481. The van der Waals surface area contributed by atoms with Gasteiger partial charge in [0.15, 0.2) is 15.9 Å². The van der Waals surface area contributed by atoms with Gasteiger partial charge >= 0.3 is 0 Å². The van der Waals surface area contributed by atoms with E-state index in [1.165, 1.54) is 12.3 Å². The van der Waals surface area contributed by atoms with Gasteiger partial charge in [0.1, 0.15) is 18.7 Å². The molecule has 10 heteroatoms. The highest BCUT2D eigenvalue weighted by molar-refractivity contribution is 7.91. The number of benzene rings is 1. The number of anilines is 1. The predicted molar refractivity (Wildman–Crippen MR) is 95.3 cm³/mol. The number of hydrogen-bond donors (Lipinski definition) is 0. The first-order chi connectivity index (χ1) is 13.0. The molecule has 2 aliphatic rings. The zero-order valence-corrected chi connectivity index (χ0v) is 15.2. The molecule has 0 amide bonds. The summed E-state index contributed by atoms with van der Waals surface area (Å²) in [6.45, 7) is 0.844. The van der Waals surface area contributed by atoms with Crippen molar-refractivity contribution in [3.63, 3.8) is 0 Å². The summed E-state index contributed by atoms with van der Waals surface area (Å²) in [5, 5.41) is 7.67. The SMILES string of the molecule is O=S1(=O)CCN(c2ccc(C3=NO[C@H](COc4ccon4)C3)cc2F)CC1. The molecule has 0 saturated carbocycles. The Morgan fingerprint density at radius 2 is 2.07 bits per heavy atom. The molecular weight excluding hydrogens is 377 g/mol. The Bertz CT molecular complexity index is 931. The Kier molecular flexibility index (Phi) is 4.73. The summed E-state index contributed by atoms with van der Waals surface area (Å²) in [6.07, 6.45) is 1.61. The highest BCUT2D eigenvalue weighted by atomic mass is 32.2. The fourth-order valence-corrected chi connectivity index (χ4v) is 4.24. The minimum atomic E-state index is -3.01. The molecule has 144 valence electrons. The van der Waals surface area contributed by atoms with Crippen LogP contribution in [0.5, 0.6) is 5.88 Å². The number of aromatic nitrogens is 1. The smallest absolute Gasteiger partial charge is 0.254 e. The third kappa shape index (κ3) is 4.05. The van der Waals surface area contributed by atoms with Gasteiger partial charge in [-0.3, -0.25) is 0 Å². The van der Waals surface area contributed by atoms with E-state index in [9.17, 15) is 12.8 Å². The van der Waals surface area contributed by atoms with Crippen LogP contribution >= 0.6 is 0 Å². The largest absolute Gasteiger partial charge is 0.471 e. The van der Waals surface area contributed by atoms with Crippen LogP contribution in [-0.4, -0.2) is 56.6 Å². The summed E-state index contributed by atoms with van der Waals surface area (Å²) >= 11 is 0. The normalized spacial score (nSPS) is 21.6. The van der Waals surface area contributed by atoms with E-state index in [1.54, 1.807) is 23.1 Å². The summed E-state index contributed by atoms with van der Waals surface area (Å²) in [6, 6.07) is 6.42. The summed E-state index contributed by atoms with van der Waals surface area (Å²) in [4.78, 5) is 7.08. The quantitative estimate of drug-likeness (QED) is 0.759. The topological polar surface area (TPSA) is 94.2 Å². The summed E-state index contributed by atoms with van der Waals surface area (Å²) in [7, 11) is -3.01. The molecule has 1 aromatic heterocycles. The molecule has 2 aliphatic heterocycles. The van der Waals surface area contributed by atoms with Gasteiger partial charge in [-0.05, 0) is 17.3 Å². The number of halogens is 1. The van der Waals surface area contributed by atoms with Crippen molar-refractivity contribution in [2.45, 2.75) is 12.5 Å². The highest BCUT2D eigenvalue weighted by Gasteiger charge is 2.26. The van der Waals surface area contributed by atoms with Crippen molar-refractivity contribution in [3.8, 4) is 5.88 Å². The molecule has 1 aromatic carbocycles. The van der Waals surface area contributed by atoms with E-state index in [0.717, 1.165) is 0 Å². The minimum absolute atomic E-state index is 0.0436. The van der Waals surface area contributed by atoms with E-state index in [1.807, 2.05) is 0 Å². The van der Waals surface area contributed by atoms with Gasteiger partial charge in [0.2, 0.25) is 0 Å². The number of oxime groups is 1. The van der Waals surface area contributed by atoms with Gasteiger partial charge in [0.25, 0.3) is 5.88 Å². The molecule has 0 spiro atoms. The molecule has 3 heterocycles. The van der Waals surface area contributed by atoms with Crippen molar-refractivity contribution in [2.75, 3.05) is 36.1 Å². The molecule has 0 unspecified atom stereocenters. The van der Waals surface area contributed by atoms with Crippen molar-refractivity contribution in [3.05, 3.63) is 41.9 Å². The van der Waals surface area contributed by atoms with Crippen LogP contribution in [0.3, 0.4) is 0 Å². The number of nitrogens with zero attached hydrogens (tertiary/aromatic N) is 3. The fourth-order valence-electron chi connectivity index (χ4n) is 3.04. The Labute approximate surface area is 155 Å². The van der Waals surface area contributed by atoms with Gasteiger partial charge in [0.05, 0.1) is 22.9 Å². The third-order valence-corrected chi connectivity index (χ3v) is 6.14. The average Bonchev–Trinajstić information content (AvgIpc) is 3.32. The second kappa shape index (κ2) is 7.18. The second-order valence-electron chi connectivity index (χ2n) is 6.42. The Hall–Kier alpha value is -2.62. The lowest BCUT2D eigenvalue weighted by molar-refractivity contribution is 0.0446. The molecule has 8 nitrogen and oxygen atoms in total. The zero-order valence-electron chi connectivity index (χ0n) is 14.4. The van der Waals surface area contributed by atoms with E-state index < -0.39 is 15.7 Å². The maximum absolute atomic E-state index is 14.6. The number of ether oxygens (including phenoxy) is 1. The van der Waals surface area contributed by atoms with Crippen molar-refractivity contribution >= 4 is 21.2 Å². The summed E-state index contributed by atoms with van der Waals surface area (Å²) in [5.41, 5.74) is 1.67. The monoisotopic (exact) mass is 395 g/mol. The zero-order chi connectivity index (χ0) is 18.9. The molecular formula is C17H18FN3O5S. The lowest BCUT2D eigenvalue weighted by Crippen LogP contribution is -2.40. The lowest BCUT2D eigenvalue weighted by Gasteiger charge is -2.29. The van der Waals surface area contributed by atoms with Crippen LogP contribution in [-0.2, 0) is 14.7 Å². The number of sulfone groups is 1. The third-order valence-electron chi connectivity index (χ3n) is 4.53. The van der Waals surface area contributed by atoms with Crippen molar-refractivity contribution < 1.29 is 26.9 Å². The van der Waals surface area contributed by atoms with Crippen LogP contribution in [0.4, 0.5) is 10.1 Å². The van der Waals surface area contributed by atoms with Crippen LogP contribution in [0.1, 0.15) is 12.0 Å². The van der Waals surface area contributed by atoms with Crippen LogP contribution in [0.2, 0.25) is 0 Å². The molecule has 27 heavy (non-hydrogen) atoms. The van der Waals surface area contributed by atoms with Crippen LogP contribution in [0.15, 0.2) is 40.2 Å². The first-order valence-corrected chi connectivity index (χ1v) is 10.3. The van der Waals surface area contributed by atoms with Gasteiger partial charge in [-0.25, -0.2) is 12.8 Å². The van der Waals surface area contributed by atoms with Crippen LogP contribution in [0, 0.1) is 5.82 Å². The van der Waals surface area contributed by atoms with Crippen molar-refractivity contribution in [1.82, 2.24) is 5.16 Å². The van der Waals surface area contributed by atoms with E-state index >= 15 is 0 Å². The first-order valence-electron chi connectivity index (χ1n) is 8.51. The summed E-state index contributed by atoms with van der Waals surface area (Å²) < 4.78 is 47.7. The minimum Gasteiger partial charge on any atom is -0.471 e. The van der Waals surface area contributed by atoms with E-state index in [4.69, 9.17) is 9.57 Å². The Morgan fingerprint density at radius 3 is 2.78 bits per heavy atom. The Morgan fingerprint density at radius 1 is 1.26 bits per heavy atom. The van der Waals surface area contributed by atoms with E-state index in [0.29, 0.717) is 42.4 Å². The molecule has 1 saturated heterocycles. The van der Waals surface area contributed by atoms with Gasteiger partial charge < -0.3 is 19.0 Å². The molecule has 4 rings (SSSR count). The van der Waals surface area contributed by atoms with Gasteiger partial charge in [-0.1, -0.05) is 11.2 Å². The van der Waals surface area contributed by atoms with E-state index in [-0.39, 0.29) is 24.2 Å². The molecule has 0 aliphatic carbocycles. The highest BCUT2D eigenvalue weighted by Crippen LogP contribution is 2.25. The van der Waals surface area contributed by atoms with Crippen molar-refractivity contribution in [2.24, 2.45) is 5.16 Å². The first kappa shape index (κ1) is 17.8. The Balaban J connectivity index is 1.38. The lowest BCUT2D eigenvalue weighted by atomic mass is 10.0. The fraction of sp³-hybridized carbons (Fsp3) is 0.412. The molecule has 0 radical (unpaired) electrons. The number of hydrogen-bond acceptors (Lipinski definition) is 8. The maximum Gasteiger partial charge on any atom is 0.254 e. The molecule has 2 aromatic rings. The van der Waals surface area contributed by atoms with Gasteiger partial charge in [-0.15, -0.1) is 0 Å². The van der Waals surface area contributed by atoms with Gasteiger partial charge in [-0.2, -0.15) is 0 Å². The maximum atomic E-state index is 14.6. The standard InChI is InChI=1S/C17H18FN3O5S/c18-14-9-12(1-2-16(14)21-4-7-27(22,23)8-5-21)15-10-13(26-19-15)11-24-17-3-6-25-20-17/h1-3,6,9,13H,4-5,7-8,10-11H2/t13-/m0/s1. The average molecular weight is 395 g/mol. The molecule has 1 atom stereocenters. The second-order valence-corrected chi connectivity index (χ2v) is 8.73. The number of rotatable bonds is 5. The predicted octanol–water partition coefficient (Wildman–Crippen LogP) is 1.62. The molecule has 0 N–H and O–H groups in total. The van der Waals surface area contributed by atoms with Crippen LogP contribution in [0.25, 0.3) is 0 Å². The van der Waals surface area contributed by atoms with Crippen LogP contribution < -0.4 is 9.64 Å². The van der Waals surface area contributed by atoms with E-state index in [2.05, 4.69) is 14.8 Å². The molecule has 1 fully saturated rings. The van der Waals surface area contributed by atoms with Crippen molar-refractivity contribution in [1.29, 1.82) is 0 Å². The molecule has 0 bridgehead atoms.